The van der Waals surface area contributed by atoms with Crippen LogP contribution in [0.5, 0.6) is 0 Å². The van der Waals surface area contributed by atoms with Crippen molar-refractivity contribution in [3.8, 4) is 0 Å². The third-order valence-corrected chi connectivity index (χ3v) is 4.12. The number of anilines is 1. The monoisotopic (exact) mass is 320 g/mol. The summed E-state index contributed by atoms with van der Waals surface area (Å²) in [6.07, 6.45) is 0.969. The molecule has 108 valence electrons. The summed E-state index contributed by atoms with van der Waals surface area (Å²) in [7, 11) is 0. The first-order chi connectivity index (χ1) is 10.1. The van der Waals surface area contributed by atoms with Crippen LogP contribution < -0.4 is 4.90 Å². The van der Waals surface area contributed by atoms with E-state index in [0.717, 1.165) is 12.1 Å². The number of fused-ring (bicyclic) bond motifs is 1. The first-order valence-corrected chi connectivity index (χ1v) is 7.53. The van der Waals surface area contributed by atoms with Crippen molar-refractivity contribution >= 4 is 34.8 Å². The van der Waals surface area contributed by atoms with E-state index in [2.05, 4.69) is 18.0 Å². The smallest absolute Gasteiger partial charge is 0.278 e. The summed E-state index contributed by atoms with van der Waals surface area (Å²) in [4.78, 5) is 18.6. The number of carbonyl (C=O) groups is 1. The first kappa shape index (κ1) is 14.4. The van der Waals surface area contributed by atoms with Crippen molar-refractivity contribution in [3.05, 3.63) is 57.8 Å². The van der Waals surface area contributed by atoms with E-state index in [0.29, 0.717) is 17.5 Å². The summed E-state index contributed by atoms with van der Waals surface area (Å²) in [6.45, 7) is 2.78. The molecule has 0 spiro atoms. The fourth-order valence-corrected chi connectivity index (χ4v) is 3.02. The standard InChI is InChI=1S/C16H14Cl2N2O/c1-10-8-11-4-2-3-5-13(11)20(9-10)16(21)15-12(17)6-7-14(18)19-15/h2-7,10H,8-9H2,1H3. The van der Waals surface area contributed by atoms with Gasteiger partial charge in [0.25, 0.3) is 5.91 Å². The highest BCUT2D eigenvalue weighted by Crippen LogP contribution is 2.31. The molecule has 0 N–H and O–H groups in total. The van der Waals surface area contributed by atoms with Crippen molar-refractivity contribution in [2.24, 2.45) is 5.92 Å². The average molecular weight is 321 g/mol. The summed E-state index contributed by atoms with van der Waals surface area (Å²) in [5.74, 6) is 0.184. The molecule has 0 saturated heterocycles. The second-order valence-electron chi connectivity index (χ2n) is 5.32. The molecular formula is C16H14Cl2N2O. The molecule has 1 aromatic heterocycles. The predicted octanol–water partition coefficient (Wildman–Crippen LogP) is 4.23. The molecule has 0 bridgehead atoms. The number of halogens is 2. The van der Waals surface area contributed by atoms with E-state index in [-0.39, 0.29) is 16.8 Å². The van der Waals surface area contributed by atoms with E-state index in [1.807, 2.05) is 18.2 Å². The number of carbonyl (C=O) groups excluding carboxylic acids is 1. The largest absolute Gasteiger partial charge is 0.306 e. The Morgan fingerprint density at radius 1 is 1.24 bits per heavy atom. The van der Waals surface area contributed by atoms with Crippen LogP contribution in [0.1, 0.15) is 23.0 Å². The topological polar surface area (TPSA) is 33.2 Å². The van der Waals surface area contributed by atoms with Gasteiger partial charge in [0.2, 0.25) is 0 Å². The van der Waals surface area contributed by atoms with Crippen molar-refractivity contribution in [2.75, 3.05) is 11.4 Å². The number of pyridine rings is 1. The molecular weight excluding hydrogens is 307 g/mol. The highest BCUT2D eigenvalue weighted by molar-refractivity contribution is 6.35. The van der Waals surface area contributed by atoms with Crippen molar-refractivity contribution in [3.63, 3.8) is 0 Å². The molecule has 0 fully saturated rings. The Morgan fingerprint density at radius 3 is 2.81 bits per heavy atom. The fourth-order valence-electron chi connectivity index (χ4n) is 2.69. The highest BCUT2D eigenvalue weighted by atomic mass is 35.5. The van der Waals surface area contributed by atoms with Crippen LogP contribution in [0.4, 0.5) is 5.69 Å². The van der Waals surface area contributed by atoms with E-state index in [1.54, 1.807) is 17.0 Å². The van der Waals surface area contributed by atoms with E-state index in [1.165, 1.54) is 5.56 Å². The molecule has 1 aliphatic rings. The Bertz CT molecular complexity index is 702. The molecule has 0 saturated carbocycles. The molecule has 3 nitrogen and oxygen atoms in total. The zero-order chi connectivity index (χ0) is 15.0. The third-order valence-electron chi connectivity index (χ3n) is 3.60. The van der Waals surface area contributed by atoms with Crippen LogP contribution >= 0.6 is 23.2 Å². The Morgan fingerprint density at radius 2 is 2.00 bits per heavy atom. The molecule has 5 heteroatoms. The van der Waals surface area contributed by atoms with Crippen molar-refractivity contribution in [1.29, 1.82) is 0 Å². The zero-order valence-electron chi connectivity index (χ0n) is 11.5. The maximum absolute atomic E-state index is 12.8. The molecule has 2 aromatic rings. The number of hydrogen-bond donors (Lipinski definition) is 0. The normalized spacial score (nSPS) is 17.5. The summed E-state index contributed by atoms with van der Waals surface area (Å²) < 4.78 is 0. The predicted molar refractivity (Wildman–Crippen MR) is 85.2 cm³/mol. The second kappa shape index (κ2) is 5.66. The van der Waals surface area contributed by atoms with E-state index in [9.17, 15) is 4.79 Å². The maximum atomic E-state index is 12.8. The lowest BCUT2D eigenvalue weighted by Gasteiger charge is -2.33. The van der Waals surface area contributed by atoms with Gasteiger partial charge >= 0.3 is 0 Å². The van der Waals surface area contributed by atoms with Gasteiger partial charge in [0.15, 0.2) is 0 Å². The SMILES string of the molecule is CC1Cc2ccccc2N(C(=O)c2nc(Cl)ccc2Cl)C1. The molecule has 1 aliphatic heterocycles. The lowest BCUT2D eigenvalue weighted by atomic mass is 9.93. The average Bonchev–Trinajstić information content (AvgIpc) is 2.48. The Kier molecular flexibility index (Phi) is 3.87. The number of para-hydroxylation sites is 1. The molecule has 1 atom stereocenters. The van der Waals surface area contributed by atoms with Crippen molar-refractivity contribution in [2.45, 2.75) is 13.3 Å². The van der Waals surface area contributed by atoms with Crippen LogP contribution in [0.2, 0.25) is 10.2 Å². The van der Waals surface area contributed by atoms with Gasteiger partial charge in [0.05, 0.1) is 5.02 Å². The van der Waals surface area contributed by atoms with Gasteiger partial charge in [-0.05, 0) is 36.1 Å². The highest BCUT2D eigenvalue weighted by Gasteiger charge is 2.28. The molecule has 1 unspecified atom stereocenters. The Hall–Kier alpha value is -1.58. The van der Waals surface area contributed by atoms with Crippen LogP contribution in [0, 0.1) is 5.92 Å². The molecule has 0 aliphatic carbocycles. The number of aromatic nitrogens is 1. The minimum atomic E-state index is -0.207. The van der Waals surface area contributed by atoms with Gasteiger partial charge < -0.3 is 4.90 Å². The van der Waals surface area contributed by atoms with Gasteiger partial charge in [-0.25, -0.2) is 4.98 Å². The van der Waals surface area contributed by atoms with Crippen LogP contribution in [0.15, 0.2) is 36.4 Å². The summed E-state index contributed by atoms with van der Waals surface area (Å²) >= 11 is 12.0. The molecule has 21 heavy (non-hydrogen) atoms. The van der Waals surface area contributed by atoms with Gasteiger partial charge in [-0.15, -0.1) is 0 Å². The minimum Gasteiger partial charge on any atom is -0.306 e. The number of benzene rings is 1. The van der Waals surface area contributed by atoms with Gasteiger partial charge in [0, 0.05) is 12.2 Å². The molecule has 3 rings (SSSR count). The molecule has 1 aromatic carbocycles. The van der Waals surface area contributed by atoms with Crippen LogP contribution in [0.25, 0.3) is 0 Å². The number of nitrogens with zero attached hydrogens (tertiary/aromatic N) is 2. The zero-order valence-corrected chi connectivity index (χ0v) is 13.0. The van der Waals surface area contributed by atoms with Gasteiger partial charge in [-0.1, -0.05) is 48.3 Å². The fraction of sp³-hybridized carbons (Fsp3) is 0.250. The van der Waals surface area contributed by atoms with Gasteiger partial charge in [-0.3, -0.25) is 4.79 Å². The molecule has 1 amide bonds. The van der Waals surface area contributed by atoms with Gasteiger partial charge in [0.1, 0.15) is 10.8 Å². The lowest BCUT2D eigenvalue weighted by Crippen LogP contribution is -2.39. The third kappa shape index (κ3) is 2.76. The summed E-state index contributed by atoms with van der Waals surface area (Å²) in [6, 6.07) is 11.1. The van der Waals surface area contributed by atoms with Crippen LogP contribution in [0.3, 0.4) is 0 Å². The second-order valence-corrected chi connectivity index (χ2v) is 6.11. The number of rotatable bonds is 1. The van der Waals surface area contributed by atoms with E-state index < -0.39 is 0 Å². The Balaban J connectivity index is 2.04. The number of amides is 1. The van der Waals surface area contributed by atoms with Crippen LogP contribution in [-0.4, -0.2) is 17.4 Å². The van der Waals surface area contributed by atoms with Crippen LogP contribution in [-0.2, 0) is 6.42 Å². The molecule has 0 radical (unpaired) electrons. The Labute approximate surface area is 133 Å². The maximum Gasteiger partial charge on any atom is 0.278 e. The lowest BCUT2D eigenvalue weighted by molar-refractivity contribution is 0.0976. The van der Waals surface area contributed by atoms with Crippen molar-refractivity contribution < 1.29 is 4.79 Å². The molecule has 2 heterocycles. The van der Waals surface area contributed by atoms with E-state index in [4.69, 9.17) is 23.2 Å². The summed E-state index contributed by atoms with van der Waals surface area (Å²) in [5.41, 5.74) is 2.30. The number of hydrogen-bond acceptors (Lipinski definition) is 2. The summed E-state index contributed by atoms with van der Waals surface area (Å²) in [5, 5.41) is 0.584. The quantitative estimate of drug-likeness (QED) is 0.737. The van der Waals surface area contributed by atoms with Crippen molar-refractivity contribution in [1.82, 2.24) is 4.98 Å². The van der Waals surface area contributed by atoms with Gasteiger partial charge in [-0.2, -0.15) is 0 Å². The first-order valence-electron chi connectivity index (χ1n) is 6.78. The minimum absolute atomic E-state index is 0.202. The van der Waals surface area contributed by atoms with E-state index >= 15 is 0 Å².